The van der Waals surface area contributed by atoms with Gasteiger partial charge in [-0.05, 0) is 67.1 Å². The normalized spacial score (nSPS) is 16.9. The highest BCUT2D eigenvalue weighted by Crippen LogP contribution is 2.26. The van der Waals surface area contributed by atoms with Crippen LogP contribution in [0.5, 0.6) is 5.75 Å². The number of ketones is 1. The van der Waals surface area contributed by atoms with Gasteiger partial charge in [0.2, 0.25) is 0 Å². The Morgan fingerprint density at radius 2 is 2.00 bits per heavy atom. The van der Waals surface area contributed by atoms with Crippen molar-refractivity contribution in [2.75, 3.05) is 20.2 Å². The smallest absolute Gasteiger partial charge is 0.253 e. The van der Waals surface area contributed by atoms with E-state index in [4.69, 9.17) is 4.74 Å². The molecule has 4 rings (SSSR count). The van der Waals surface area contributed by atoms with Crippen molar-refractivity contribution in [2.24, 2.45) is 5.92 Å². The van der Waals surface area contributed by atoms with Crippen molar-refractivity contribution < 1.29 is 14.3 Å². The number of methoxy groups -OCH3 is 1. The van der Waals surface area contributed by atoms with Gasteiger partial charge < -0.3 is 14.6 Å². The number of carbonyl (C=O) groups excluding carboxylic acids is 2. The minimum absolute atomic E-state index is 0.0135. The van der Waals surface area contributed by atoms with Crippen LogP contribution in [-0.2, 0) is 0 Å². The topological polar surface area (TPSA) is 62.4 Å². The SMILES string of the molecule is COc1ccc(C(=O)[C@@H]2CCCN(C(=O)c3ccc4cc[nH]c4c3)C2)c(C)c1. The molecule has 1 amide bonds. The number of aryl methyl sites for hydroxylation is 1. The average Bonchev–Trinajstić information content (AvgIpc) is 3.20. The summed E-state index contributed by atoms with van der Waals surface area (Å²) in [5, 5.41) is 1.08. The molecule has 0 bridgehead atoms. The predicted molar refractivity (Wildman–Crippen MR) is 109 cm³/mol. The summed E-state index contributed by atoms with van der Waals surface area (Å²) in [7, 11) is 1.62. The molecule has 1 aliphatic rings. The van der Waals surface area contributed by atoms with Crippen LogP contribution >= 0.6 is 0 Å². The summed E-state index contributed by atoms with van der Waals surface area (Å²) < 4.78 is 5.23. The molecule has 2 aromatic carbocycles. The third-order valence-corrected chi connectivity index (χ3v) is 5.58. The van der Waals surface area contributed by atoms with Gasteiger partial charge in [-0.1, -0.05) is 6.07 Å². The van der Waals surface area contributed by atoms with Crippen LogP contribution in [0.25, 0.3) is 10.9 Å². The number of amides is 1. The second kappa shape index (κ2) is 7.50. The van der Waals surface area contributed by atoms with E-state index in [-0.39, 0.29) is 17.6 Å². The Labute approximate surface area is 164 Å². The largest absolute Gasteiger partial charge is 0.497 e. The molecular formula is C23H24N2O3. The highest BCUT2D eigenvalue weighted by molar-refractivity contribution is 6.01. The summed E-state index contributed by atoms with van der Waals surface area (Å²) in [5.74, 6) is 0.672. The van der Waals surface area contributed by atoms with Gasteiger partial charge in [0.15, 0.2) is 5.78 Å². The number of nitrogens with one attached hydrogen (secondary N) is 1. The monoisotopic (exact) mass is 376 g/mol. The molecule has 1 atom stereocenters. The van der Waals surface area contributed by atoms with Gasteiger partial charge in [0, 0.05) is 41.8 Å². The van der Waals surface area contributed by atoms with E-state index in [0.29, 0.717) is 24.2 Å². The second-order valence-corrected chi connectivity index (χ2v) is 7.42. The minimum atomic E-state index is -0.168. The number of fused-ring (bicyclic) bond motifs is 1. The number of likely N-dealkylation sites (tertiary alicyclic amines) is 1. The molecule has 144 valence electrons. The maximum absolute atomic E-state index is 13.1. The number of Topliss-reactive ketones (excluding diaryl/α,β-unsaturated/α-hetero) is 1. The Balaban J connectivity index is 1.52. The highest BCUT2D eigenvalue weighted by Gasteiger charge is 2.30. The lowest BCUT2D eigenvalue weighted by molar-refractivity contribution is 0.0637. The average molecular weight is 376 g/mol. The van der Waals surface area contributed by atoms with Crippen molar-refractivity contribution in [3.8, 4) is 5.75 Å². The maximum atomic E-state index is 13.1. The lowest BCUT2D eigenvalue weighted by Gasteiger charge is -2.32. The van der Waals surface area contributed by atoms with Gasteiger partial charge in [0.05, 0.1) is 7.11 Å². The van der Waals surface area contributed by atoms with E-state index in [0.717, 1.165) is 35.1 Å². The van der Waals surface area contributed by atoms with Gasteiger partial charge >= 0.3 is 0 Å². The standard InChI is InChI=1S/C23H24N2O3/c1-15-12-19(28-2)7-8-20(15)22(26)18-4-3-11-25(14-18)23(27)17-6-5-16-9-10-24-21(16)13-17/h5-10,12-13,18,24H,3-4,11,14H2,1-2H3/t18-/m1/s1. The Hall–Kier alpha value is -3.08. The molecule has 1 aliphatic heterocycles. The first-order valence-corrected chi connectivity index (χ1v) is 9.62. The van der Waals surface area contributed by atoms with E-state index in [1.165, 1.54) is 0 Å². The molecular weight excluding hydrogens is 352 g/mol. The maximum Gasteiger partial charge on any atom is 0.253 e. The van der Waals surface area contributed by atoms with Crippen LogP contribution in [0.1, 0.15) is 39.1 Å². The zero-order valence-corrected chi connectivity index (χ0v) is 16.2. The molecule has 1 aromatic heterocycles. The van der Waals surface area contributed by atoms with E-state index in [2.05, 4.69) is 4.98 Å². The van der Waals surface area contributed by atoms with Gasteiger partial charge in [-0.15, -0.1) is 0 Å². The molecule has 5 heteroatoms. The molecule has 0 unspecified atom stereocenters. The van der Waals surface area contributed by atoms with Gasteiger partial charge in [-0.2, -0.15) is 0 Å². The summed E-state index contributed by atoms with van der Waals surface area (Å²) in [6.45, 7) is 3.08. The summed E-state index contributed by atoms with van der Waals surface area (Å²) in [4.78, 5) is 31.0. The number of aromatic nitrogens is 1. The lowest BCUT2D eigenvalue weighted by atomic mass is 9.88. The van der Waals surface area contributed by atoms with Crippen molar-refractivity contribution in [1.82, 2.24) is 9.88 Å². The first-order valence-electron chi connectivity index (χ1n) is 9.62. The Bertz CT molecular complexity index is 1040. The van der Waals surface area contributed by atoms with E-state index >= 15 is 0 Å². The zero-order chi connectivity index (χ0) is 19.7. The van der Waals surface area contributed by atoms with E-state index < -0.39 is 0 Å². The first kappa shape index (κ1) is 18.3. The number of aromatic amines is 1. The van der Waals surface area contributed by atoms with Crippen LogP contribution in [0.4, 0.5) is 0 Å². The van der Waals surface area contributed by atoms with E-state index in [1.54, 1.807) is 7.11 Å². The molecule has 5 nitrogen and oxygen atoms in total. The number of piperidine rings is 1. The Morgan fingerprint density at radius 1 is 1.14 bits per heavy atom. The highest BCUT2D eigenvalue weighted by atomic mass is 16.5. The third kappa shape index (κ3) is 3.40. The number of hydrogen-bond acceptors (Lipinski definition) is 3. The number of carbonyl (C=O) groups is 2. The third-order valence-electron chi connectivity index (χ3n) is 5.58. The molecule has 2 heterocycles. The van der Waals surface area contributed by atoms with Crippen molar-refractivity contribution >= 4 is 22.6 Å². The predicted octanol–water partition coefficient (Wildman–Crippen LogP) is 4.22. The van der Waals surface area contributed by atoms with Crippen LogP contribution < -0.4 is 4.74 Å². The molecule has 0 spiro atoms. The molecule has 1 fully saturated rings. The number of H-pyrrole nitrogens is 1. The van der Waals surface area contributed by atoms with Crippen LogP contribution in [-0.4, -0.2) is 41.8 Å². The summed E-state index contributed by atoms with van der Waals surface area (Å²) in [5.41, 5.74) is 3.23. The summed E-state index contributed by atoms with van der Waals surface area (Å²) in [6, 6.07) is 13.2. The molecule has 0 aliphatic carbocycles. The molecule has 0 radical (unpaired) electrons. The zero-order valence-electron chi connectivity index (χ0n) is 16.2. The molecule has 1 N–H and O–H groups in total. The fourth-order valence-electron chi connectivity index (χ4n) is 4.00. The van der Waals surface area contributed by atoms with Crippen LogP contribution in [0.3, 0.4) is 0 Å². The lowest BCUT2D eigenvalue weighted by Crippen LogP contribution is -2.42. The number of benzene rings is 2. The number of ether oxygens (including phenoxy) is 1. The molecule has 0 saturated carbocycles. The fraction of sp³-hybridized carbons (Fsp3) is 0.304. The first-order chi connectivity index (χ1) is 13.6. The molecule has 1 saturated heterocycles. The fourth-order valence-corrected chi connectivity index (χ4v) is 4.00. The number of hydrogen-bond donors (Lipinski definition) is 1. The van der Waals surface area contributed by atoms with Crippen LogP contribution in [0.15, 0.2) is 48.7 Å². The minimum Gasteiger partial charge on any atom is -0.497 e. The van der Waals surface area contributed by atoms with Crippen LogP contribution in [0, 0.1) is 12.8 Å². The van der Waals surface area contributed by atoms with Crippen LogP contribution in [0.2, 0.25) is 0 Å². The van der Waals surface area contributed by atoms with Gasteiger partial charge in [-0.25, -0.2) is 0 Å². The number of nitrogens with zero attached hydrogens (tertiary/aromatic N) is 1. The second-order valence-electron chi connectivity index (χ2n) is 7.42. The number of rotatable bonds is 4. The van der Waals surface area contributed by atoms with Gasteiger partial charge in [0.1, 0.15) is 5.75 Å². The van der Waals surface area contributed by atoms with E-state index in [1.807, 2.05) is 60.5 Å². The summed E-state index contributed by atoms with van der Waals surface area (Å²) in [6.07, 6.45) is 3.51. The van der Waals surface area contributed by atoms with Crippen molar-refractivity contribution in [2.45, 2.75) is 19.8 Å². The van der Waals surface area contributed by atoms with Crippen molar-refractivity contribution in [3.05, 3.63) is 65.4 Å². The summed E-state index contributed by atoms with van der Waals surface area (Å²) >= 11 is 0. The molecule has 3 aromatic rings. The van der Waals surface area contributed by atoms with Gasteiger partial charge in [-0.3, -0.25) is 9.59 Å². The van der Waals surface area contributed by atoms with Crippen molar-refractivity contribution in [3.63, 3.8) is 0 Å². The van der Waals surface area contributed by atoms with Gasteiger partial charge in [0.25, 0.3) is 5.91 Å². The van der Waals surface area contributed by atoms with Crippen molar-refractivity contribution in [1.29, 1.82) is 0 Å². The molecule has 28 heavy (non-hydrogen) atoms. The Kier molecular flexibility index (Phi) is 4.90. The van der Waals surface area contributed by atoms with E-state index in [9.17, 15) is 9.59 Å². The quantitative estimate of drug-likeness (QED) is 0.694. The Morgan fingerprint density at radius 3 is 2.79 bits per heavy atom.